The fourth-order valence-electron chi connectivity index (χ4n) is 3.70. The van der Waals surface area contributed by atoms with Crippen LogP contribution in [0.15, 0.2) is 54.9 Å². The number of ether oxygens (including phenoxy) is 2. The van der Waals surface area contributed by atoms with E-state index in [1.807, 2.05) is 60.1 Å². The number of pyridine rings is 1. The number of likely N-dealkylation sites (N-methyl/N-ethyl adjacent to an activating group) is 1. The first kappa shape index (κ1) is 27.0. The molecule has 0 aliphatic carbocycles. The number of aromatic nitrogens is 2. The van der Waals surface area contributed by atoms with Gasteiger partial charge in [0.25, 0.3) is 5.91 Å². The summed E-state index contributed by atoms with van der Waals surface area (Å²) in [5, 5.41) is 5.34. The van der Waals surface area contributed by atoms with Crippen molar-refractivity contribution in [2.45, 2.75) is 24.2 Å². The number of nitrogens with zero attached hydrogens (tertiary/aromatic N) is 3. The standard InChI is InChI=1S/C23H25Cl2N5O4.ClH/c1-15-13-29-10-6-9-17(20(29)26-15)34-22(16-7-4-3-5-8-16)28-21(31)19(25)27-23(32)30(2)11-12-33-18(24)14-30;/h3-10,13,18-19,22H,11-12,14H2,1-2H3,(H-,27,28,31,32);1H/p+1. The number of nitrogens with one attached hydrogen (secondary N) is 2. The van der Waals surface area contributed by atoms with Crippen LogP contribution in [-0.4, -0.2) is 63.6 Å². The van der Waals surface area contributed by atoms with Crippen molar-refractivity contribution in [1.29, 1.82) is 0 Å². The number of hydrogen-bond donors (Lipinski definition) is 2. The summed E-state index contributed by atoms with van der Waals surface area (Å²) in [6, 6.07) is 12.4. The van der Waals surface area contributed by atoms with Gasteiger partial charge in [0.2, 0.25) is 0 Å². The number of quaternary nitrogens is 1. The highest BCUT2D eigenvalue weighted by atomic mass is 35.5. The number of halogens is 3. The Morgan fingerprint density at radius 2 is 1.97 bits per heavy atom. The molecular weight excluding hydrogens is 517 g/mol. The Balaban J connectivity index is 0.00000342. The quantitative estimate of drug-likeness (QED) is 0.215. The van der Waals surface area contributed by atoms with Gasteiger partial charge in [-0.15, -0.1) is 12.4 Å². The van der Waals surface area contributed by atoms with Gasteiger partial charge in [-0.25, -0.2) is 14.3 Å². The zero-order valence-electron chi connectivity index (χ0n) is 19.2. The van der Waals surface area contributed by atoms with Gasteiger partial charge in [0.15, 0.2) is 28.7 Å². The van der Waals surface area contributed by atoms with E-state index in [0.29, 0.717) is 30.1 Å². The van der Waals surface area contributed by atoms with Crippen LogP contribution in [0.25, 0.3) is 5.65 Å². The van der Waals surface area contributed by atoms with E-state index in [0.717, 1.165) is 5.69 Å². The monoisotopic (exact) mass is 542 g/mol. The van der Waals surface area contributed by atoms with E-state index in [-0.39, 0.29) is 23.4 Å². The summed E-state index contributed by atoms with van der Waals surface area (Å²) in [6.45, 7) is 2.91. The molecule has 0 radical (unpaired) electrons. The van der Waals surface area contributed by atoms with Gasteiger partial charge in [0, 0.05) is 18.0 Å². The van der Waals surface area contributed by atoms with Gasteiger partial charge < -0.3 is 19.2 Å². The summed E-state index contributed by atoms with van der Waals surface area (Å²) < 4.78 is 13.3. The predicted molar refractivity (Wildman–Crippen MR) is 135 cm³/mol. The maximum Gasteiger partial charge on any atom is 0.418 e. The van der Waals surface area contributed by atoms with Crippen LogP contribution in [0, 0.1) is 6.92 Å². The number of fused-ring (bicyclic) bond motifs is 1. The molecule has 3 aromatic rings. The molecule has 3 amide bonds. The molecule has 1 aromatic carbocycles. The second-order valence-corrected chi connectivity index (χ2v) is 9.22. The van der Waals surface area contributed by atoms with Crippen LogP contribution < -0.4 is 15.4 Å². The van der Waals surface area contributed by atoms with E-state index >= 15 is 0 Å². The first-order chi connectivity index (χ1) is 16.2. The zero-order valence-corrected chi connectivity index (χ0v) is 21.5. The molecule has 1 aliphatic rings. The summed E-state index contributed by atoms with van der Waals surface area (Å²) in [5.41, 5.74) is 0.244. The molecule has 0 bridgehead atoms. The predicted octanol–water partition coefficient (Wildman–Crippen LogP) is 3.57. The molecule has 1 aliphatic heterocycles. The van der Waals surface area contributed by atoms with Crippen LogP contribution in [0.5, 0.6) is 5.75 Å². The number of amides is 3. The number of morpholine rings is 1. The van der Waals surface area contributed by atoms with Crippen molar-refractivity contribution >= 4 is 53.2 Å². The highest BCUT2D eigenvalue weighted by Crippen LogP contribution is 2.25. The minimum absolute atomic E-state index is 0. The van der Waals surface area contributed by atoms with Crippen molar-refractivity contribution in [2.75, 3.05) is 26.7 Å². The first-order valence-electron chi connectivity index (χ1n) is 10.8. The normalized spacial score (nSPS) is 21.4. The molecule has 2 aromatic heterocycles. The lowest BCUT2D eigenvalue weighted by Crippen LogP contribution is -2.63. The summed E-state index contributed by atoms with van der Waals surface area (Å²) in [4.78, 5) is 30.3. The maximum atomic E-state index is 13.0. The van der Waals surface area contributed by atoms with E-state index in [2.05, 4.69) is 15.6 Å². The number of rotatable bonds is 6. The first-order valence-corrected chi connectivity index (χ1v) is 11.6. The Morgan fingerprint density at radius 3 is 2.69 bits per heavy atom. The van der Waals surface area contributed by atoms with Crippen molar-refractivity contribution in [3.63, 3.8) is 0 Å². The number of carbonyl (C=O) groups is 2. The van der Waals surface area contributed by atoms with Crippen LogP contribution in [0.2, 0.25) is 0 Å². The van der Waals surface area contributed by atoms with Crippen molar-refractivity contribution in [2.24, 2.45) is 0 Å². The summed E-state index contributed by atoms with van der Waals surface area (Å²) in [7, 11) is 1.72. The third-order valence-corrected chi connectivity index (χ3v) is 6.16. The second kappa shape index (κ2) is 11.5. The van der Waals surface area contributed by atoms with Crippen LogP contribution in [0.4, 0.5) is 4.79 Å². The third-order valence-electron chi connectivity index (χ3n) is 5.59. The molecule has 4 rings (SSSR count). The minimum Gasteiger partial charge on any atom is -0.462 e. The van der Waals surface area contributed by atoms with Gasteiger partial charge in [0.1, 0.15) is 13.1 Å². The molecule has 35 heavy (non-hydrogen) atoms. The number of alkyl halides is 2. The molecular formula is C23H27Cl3N5O4+. The van der Waals surface area contributed by atoms with E-state index in [1.165, 1.54) is 0 Å². The third kappa shape index (κ3) is 6.36. The van der Waals surface area contributed by atoms with Crippen molar-refractivity contribution < 1.29 is 23.5 Å². The van der Waals surface area contributed by atoms with Crippen LogP contribution in [-0.2, 0) is 9.53 Å². The van der Waals surface area contributed by atoms with Gasteiger partial charge in [-0.1, -0.05) is 53.5 Å². The van der Waals surface area contributed by atoms with Crippen LogP contribution in [0.3, 0.4) is 0 Å². The number of hydrogen-bond acceptors (Lipinski definition) is 5. The minimum atomic E-state index is -1.32. The summed E-state index contributed by atoms with van der Waals surface area (Å²) >= 11 is 12.3. The van der Waals surface area contributed by atoms with Gasteiger partial charge in [-0.2, -0.15) is 0 Å². The molecule has 1 saturated heterocycles. The molecule has 3 heterocycles. The average Bonchev–Trinajstić information content (AvgIpc) is 3.20. The number of benzene rings is 1. The lowest BCUT2D eigenvalue weighted by molar-refractivity contribution is -0.841. The van der Waals surface area contributed by atoms with Crippen LogP contribution in [0.1, 0.15) is 17.5 Å². The summed E-state index contributed by atoms with van der Waals surface area (Å²) in [6.07, 6.45) is 2.88. The fourth-order valence-corrected chi connectivity index (χ4v) is 4.25. The van der Waals surface area contributed by atoms with E-state index < -0.39 is 29.2 Å². The van der Waals surface area contributed by atoms with Gasteiger partial charge in [-0.05, 0) is 19.1 Å². The molecule has 0 saturated carbocycles. The molecule has 4 atom stereocenters. The lowest BCUT2D eigenvalue weighted by atomic mass is 10.2. The number of aryl methyl sites for hydroxylation is 1. The lowest BCUT2D eigenvalue weighted by Gasteiger charge is -2.36. The Hall–Kier alpha value is -2.56. The highest BCUT2D eigenvalue weighted by molar-refractivity contribution is 6.31. The number of urea groups is 1. The average molecular weight is 544 g/mol. The molecule has 188 valence electrons. The van der Waals surface area contributed by atoms with Crippen molar-refractivity contribution in [1.82, 2.24) is 20.0 Å². The maximum absolute atomic E-state index is 13.0. The number of carbonyl (C=O) groups excluding carboxylic acids is 2. The van der Waals surface area contributed by atoms with Gasteiger partial charge in [0.05, 0.1) is 19.3 Å². The molecule has 12 heteroatoms. The second-order valence-electron chi connectivity index (χ2n) is 8.30. The van der Waals surface area contributed by atoms with Gasteiger partial charge in [-0.3, -0.25) is 10.1 Å². The van der Waals surface area contributed by atoms with E-state index in [9.17, 15) is 9.59 Å². The molecule has 1 fully saturated rings. The van der Waals surface area contributed by atoms with Crippen molar-refractivity contribution in [3.05, 3.63) is 66.1 Å². The molecule has 2 N–H and O–H groups in total. The SMILES string of the molecule is Cc1cn2cccc(OC(NC(=O)C(Cl)NC(=O)[N+]3(C)CCOC(Cl)C3)c3ccccc3)c2n1.Cl. The number of imidazole rings is 1. The Labute approximate surface area is 219 Å². The topological polar surface area (TPSA) is 94.0 Å². The van der Waals surface area contributed by atoms with E-state index in [4.69, 9.17) is 32.7 Å². The Kier molecular flexibility index (Phi) is 8.84. The van der Waals surface area contributed by atoms with Crippen LogP contribution >= 0.6 is 35.6 Å². The smallest absolute Gasteiger partial charge is 0.418 e. The Bertz CT molecular complexity index is 1180. The Morgan fingerprint density at radius 1 is 1.23 bits per heavy atom. The highest BCUT2D eigenvalue weighted by Gasteiger charge is 2.40. The van der Waals surface area contributed by atoms with E-state index in [1.54, 1.807) is 13.1 Å². The summed E-state index contributed by atoms with van der Waals surface area (Å²) in [5.74, 6) is -0.128. The van der Waals surface area contributed by atoms with Crippen molar-refractivity contribution in [3.8, 4) is 5.75 Å². The zero-order chi connectivity index (χ0) is 24.3. The fraction of sp³-hybridized carbons (Fsp3) is 0.348. The molecule has 9 nitrogen and oxygen atoms in total. The molecule has 0 spiro atoms. The largest absolute Gasteiger partial charge is 0.462 e. The molecule has 4 unspecified atom stereocenters. The van der Waals surface area contributed by atoms with Gasteiger partial charge >= 0.3 is 6.03 Å².